The third-order valence-corrected chi connectivity index (χ3v) is 4.20. The van der Waals surface area contributed by atoms with E-state index in [0.29, 0.717) is 0 Å². The van der Waals surface area contributed by atoms with E-state index in [2.05, 4.69) is 6.07 Å². The van der Waals surface area contributed by atoms with Crippen molar-refractivity contribution in [2.45, 2.75) is 18.0 Å². The monoisotopic (exact) mass is 247 g/mol. The van der Waals surface area contributed by atoms with Crippen molar-refractivity contribution >= 4 is 22.5 Å². The molecule has 1 aromatic heterocycles. The summed E-state index contributed by atoms with van der Waals surface area (Å²) in [6, 6.07) is 7.70. The van der Waals surface area contributed by atoms with E-state index in [1.54, 1.807) is 18.9 Å². The highest BCUT2D eigenvalue weighted by molar-refractivity contribution is 7.99. The number of fused-ring (bicyclic) bond motifs is 2. The number of benzene rings is 1. The lowest BCUT2D eigenvalue weighted by atomic mass is 10.1. The number of ether oxygens (including phenoxy) is 1. The number of methoxy groups -OCH3 is 1. The number of hydrogen-bond donors (Lipinski definition) is 0. The maximum absolute atomic E-state index is 12.3. The number of thioether (sulfide) groups is 1. The van der Waals surface area contributed by atoms with Crippen LogP contribution in [0.15, 0.2) is 34.1 Å². The van der Waals surface area contributed by atoms with Crippen LogP contribution >= 0.6 is 11.8 Å². The molecule has 88 valence electrons. The van der Waals surface area contributed by atoms with Crippen molar-refractivity contribution in [1.29, 1.82) is 0 Å². The van der Waals surface area contributed by atoms with E-state index in [4.69, 9.17) is 4.74 Å². The van der Waals surface area contributed by atoms with Gasteiger partial charge in [-0.3, -0.25) is 4.79 Å². The van der Waals surface area contributed by atoms with E-state index in [1.165, 1.54) is 0 Å². The maximum atomic E-state index is 12.3. The van der Waals surface area contributed by atoms with Crippen molar-refractivity contribution < 1.29 is 4.74 Å². The van der Waals surface area contributed by atoms with Gasteiger partial charge in [0.25, 0.3) is 5.56 Å². The van der Waals surface area contributed by atoms with Crippen molar-refractivity contribution in [1.82, 2.24) is 4.57 Å². The number of nitrogens with zero attached hydrogens (tertiary/aromatic N) is 1. The molecule has 0 radical (unpaired) electrons. The van der Waals surface area contributed by atoms with Crippen molar-refractivity contribution in [2.75, 3.05) is 12.9 Å². The Labute approximate surface area is 103 Å². The summed E-state index contributed by atoms with van der Waals surface area (Å²) in [7, 11) is 1.64. The second-order valence-corrected chi connectivity index (χ2v) is 5.18. The van der Waals surface area contributed by atoms with Gasteiger partial charge in [0.1, 0.15) is 5.75 Å². The predicted molar refractivity (Wildman–Crippen MR) is 70.1 cm³/mol. The molecule has 1 aliphatic heterocycles. The van der Waals surface area contributed by atoms with Crippen LogP contribution in [0.3, 0.4) is 0 Å². The summed E-state index contributed by atoms with van der Waals surface area (Å²) >= 11 is 1.74. The third-order valence-electron chi connectivity index (χ3n) is 3.07. The summed E-state index contributed by atoms with van der Waals surface area (Å²) in [5, 5.41) is 2.72. The molecule has 2 heterocycles. The number of aromatic nitrogens is 1. The number of pyridine rings is 1. The average molecular weight is 247 g/mol. The van der Waals surface area contributed by atoms with Crippen molar-refractivity contribution in [3.05, 3.63) is 34.6 Å². The zero-order valence-corrected chi connectivity index (χ0v) is 10.4. The quantitative estimate of drug-likeness (QED) is 0.776. The summed E-state index contributed by atoms with van der Waals surface area (Å²) in [5.74, 6) is 1.86. The first-order valence-electron chi connectivity index (χ1n) is 5.64. The zero-order valence-electron chi connectivity index (χ0n) is 9.60. The molecule has 0 bridgehead atoms. The minimum Gasteiger partial charge on any atom is -0.496 e. The number of hydrogen-bond acceptors (Lipinski definition) is 3. The average Bonchev–Trinajstić information content (AvgIpc) is 2.38. The van der Waals surface area contributed by atoms with Crippen LogP contribution < -0.4 is 10.3 Å². The fourth-order valence-electron chi connectivity index (χ4n) is 2.23. The molecule has 0 aliphatic carbocycles. The summed E-state index contributed by atoms with van der Waals surface area (Å²) < 4.78 is 7.19. The smallest absolute Gasteiger partial charge is 0.259 e. The lowest BCUT2D eigenvalue weighted by Gasteiger charge is -2.18. The zero-order chi connectivity index (χ0) is 11.8. The molecule has 0 N–H and O–H groups in total. The molecule has 0 amide bonds. The SMILES string of the molecule is COc1cccc2c(=O)n3c(cc12)SCCC3. The summed E-state index contributed by atoms with van der Waals surface area (Å²) in [6.45, 7) is 0.828. The molecule has 0 fully saturated rings. The van der Waals surface area contributed by atoms with E-state index in [9.17, 15) is 4.79 Å². The summed E-state index contributed by atoms with van der Waals surface area (Å²) in [6.07, 6.45) is 1.06. The molecular weight excluding hydrogens is 234 g/mol. The molecule has 0 spiro atoms. The topological polar surface area (TPSA) is 31.2 Å². The minimum absolute atomic E-state index is 0.101. The molecule has 3 rings (SSSR count). The Morgan fingerprint density at radius 3 is 3.06 bits per heavy atom. The highest BCUT2D eigenvalue weighted by atomic mass is 32.2. The predicted octanol–water partition coefficient (Wildman–Crippen LogP) is 2.51. The van der Waals surface area contributed by atoms with Gasteiger partial charge in [0.05, 0.1) is 17.5 Å². The van der Waals surface area contributed by atoms with Crippen molar-refractivity contribution in [2.24, 2.45) is 0 Å². The molecule has 2 aromatic rings. The first-order chi connectivity index (χ1) is 8.31. The van der Waals surface area contributed by atoms with Gasteiger partial charge in [0.2, 0.25) is 0 Å². The molecule has 3 nitrogen and oxygen atoms in total. The molecule has 1 aliphatic rings. The molecule has 0 unspecified atom stereocenters. The van der Waals surface area contributed by atoms with Crippen LogP contribution in [-0.2, 0) is 6.54 Å². The molecular formula is C13H13NO2S. The second kappa shape index (κ2) is 4.11. The minimum atomic E-state index is 0.101. The van der Waals surface area contributed by atoms with Crippen LogP contribution in [-0.4, -0.2) is 17.4 Å². The van der Waals surface area contributed by atoms with Gasteiger partial charge in [0, 0.05) is 17.7 Å². The highest BCUT2D eigenvalue weighted by Gasteiger charge is 2.15. The van der Waals surface area contributed by atoms with Gasteiger partial charge in [-0.2, -0.15) is 0 Å². The molecule has 0 saturated heterocycles. The van der Waals surface area contributed by atoms with E-state index in [-0.39, 0.29) is 5.56 Å². The van der Waals surface area contributed by atoms with Crippen molar-refractivity contribution in [3.8, 4) is 5.75 Å². The van der Waals surface area contributed by atoms with Crippen LogP contribution in [0.4, 0.5) is 0 Å². The summed E-state index contributed by atoms with van der Waals surface area (Å²) in [5.41, 5.74) is 0.101. The third kappa shape index (κ3) is 1.63. The maximum Gasteiger partial charge on any atom is 0.259 e. The normalized spacial score (nSPS) is 14.6. The van der Waals surface area contributed by atoms with Gasteiger partial charge in [-0.05, 0) is 24.6 Å². The van der Waals surface area contributed by atoms with Crippen LogP contribution in [0.1, 0.15) is 6.42 Å². The first kappa shape index (κ1) is 10.7. The molecule has 0 atom stereocenters. The Hall–Kier alpha value is -1.42. The Kier molecular flexibility index (Phi) is 2.59. The molecule has 17 heavy (non-hydrogen) atoms. The van der Waals surface area contributed by atoms with Crippen LogP contribution in [0.5, 0.6) is 5.75 Å². The van der Waals surface area contributed by atoms with Gasteiger partial charge in [-0.1, -0.05) is 6.07 Å². The largest absolute Gasteiger partial charge is 0.496 e. The fraction of sp³-hybridized carbons (Fsp3) is 0.308. The molecule has 1 aromatic carbocycles. The van der Waals surface area contributed by atoms with Gasteiger partial charge in [0.15, 0.2) is 0 Å². The highest BCUT2D eigenvalue weighted by Crippen LogP contribution is 2.30. The van der Waals surface area contributed by atoms with Crippen LogP contribution in [0.2, 0.25) is 0 Å². The van der Waals surface area contributed by atoms with Crippen molar-refractivity contribution in [3.63, 3.8) is 0 Å². The van der Waals surface area contributed by atoms with Crippen LogP contribution in [0, 0.1) is 0 Å². The van der Waals surface area contributed by atoms with E-state index < -0.39 is 0 Å². The Bertz CT molecular complexity index is 633. The fourth-order valence-corrected chi connectivity index (χ4v) is 3.25. The van der Waals surface area contributed by atoms with E-state index >= 15 is 0 Å². The van der Waals surface area contributed by atoms with Gasteiger partial charge < -0.3 is 9.30 Å². The van der Waals surface area contributed by atoms with E-state index in [0.717, 1.165) is 40.3 Å². The lowest BCUT2D eigenvalue weighted by Crippen LogP contribution is -2.24. The van der Waals surface area contributed by atoms with E-state index in [1.807, 2.05) is 22.8 Å². The Morgan fingerprint density at radius 1 is 1.35 bits per heavy atom. The first-order valence-corrected chi connectivity index (χ1v) is 6.63. The Balaban J connectivity index is 2.40. The molecule has 0 saturated carbocycles. The van der Waals surface area contributed by atoms with Gasteiger partial charge in [-0.25, -0.2) is 0 Å². The molecule has 4 heteroatoms. The van der Waals surface area contributed by atoms with Gasteiger partial charge >= 0.3 is 0 Å². The van der Waals surface area contributed by atoms with Crippen LogP contribution in [0.25, 0.3) is 10.8 Å². The standard InChI is InChI=1S/C13H13NO2S/c1-16-11-5-2-4-9-10(11)8-12-14(13(9)15)6-3-7-17-12/h2,4-5,8H,3,6-7H2,1H3. The van der Waals surface area contributed by atoms with Gasteiger partial charge in [-0.15, -0.1) is 11.8 Å². The summed E-state index contributed by atoms with van der Waals surface area (Å²) in [4.78, 5) is 12.3. The second-order valence-electron chi connectivity index (χ2n) is 4.06. The Morgan fingerprint density at radius 2 is 2.24 bits per heavy atom. The number of rotatable bonds is 1. The lowest BCUT2D eigenvalue weighted by molar-refractivity contribution is 0.419.